The average molecular weight is 235 g/mol. The fraction of sp³-hybridized carbons (Fsp3) is 0.111. The van der Waals surface area contributed by atoms with Crippen molar-refractivity contribution in [3.05, 3.63) is 29.3 Å². The Kier molecular flexibility index (Phi) is 2.86. The molecule has 2 heterocycles. The van der Waals surface area contributed by atoms with Gasteiger partial charge in [-0.15, -0.1) is 0 Å². The van der Waals surface area contributed by atoms with Crippen LogP contribution in [0.4, 0.5) is 10.7 Å². The van der Waals surface area contributed by atoms with Crippen LogP contribution in [0.5, 0.6) is 0 Å². The summed E-state index contributed by atoms with van der Waals surface area (Å²) >= 11 is 0. The van der Waals surface area contributed by atoms with Gasteiger partial charge in [-0.2, -0.15) is 4.98 Å². The fourth-order valence-electron chi connectivity index (χ4n) is 1.17. The van der Waals surface area contributed by atoms with Crippen LogP contribution in [0.25, 0.3) is 11.2 Å². The van der Waals surface area contributed by atoms with Crippen molar-refractivity contribution in [3.63, 3.8) is 0 Å². The highest BCUT2D eigenvalue weighted by molar-refractivity contribution is 5.83. The average Bonchev–Trinajstić information content (AvgIpc) is 2.75. The summed E-state index contributed by atoms with van der Waals surface area (Å²) in [5.41, 5.74) is 0.0364. The highest BCUT2D eigenvalue weighted by Gasteiger charge is 2.08. The van der Waals surface area contributed by atoms with E-state index in [1.54, 1.807) is 0 Å². The molecule has 2 rings (SSSR count). The monoisotopic (exact) mass is 235 g/mol. The molecule has 0 saturated heterocycles. The molecule has 0 unspecified atom stereocenters. The van der Waals surface area contributed by atoms with Crippen LogP contribution in [0, 0.1) is 0 Å². The second-order valence-electron chi connectivity index (χ2n) is 3.03. The number of hydrogen-bond acceptors (Lipinski definition) is 5. The summed E-state index contributed by atoms with van der Waals surface area (Å²) in [5, 5.41) is 2.27. The van der Waals surface area contributed by atoms with Crippen LogP contribution in [-0.2, 0) is 4.74 Å². The molecule has 3 N–H and O–H groups in total. The standard InChI is InChI=1S/C9H9N5O3/c1-2-3-17-9(16)14-8-12-6-5(7(15)13-8)10-4-11-6/h2,4H,1,3H2,(H3,10,11,12,13,14,15,16). The van der Waals surface area contributed by atoms with E-state index < -0.39 is 11.7 Å². The Labute approximate surface area is 94.7 Å². The van der Waals surface area contributed by atoms with Gasteiger partial charge in [0.15, 0.2) is 11.2 Å². The molecule has 0 spiro atoms. The quantitative estimate of drug-likeness (QED) is 0.665. The summed E-state index contributed by atoms with van der Waals surface area (Å²) in [7, 11) is 0. The van der Waals surface area contributed by atoms with Crippen molar-refractivity contribution in [2.24, 2.45) is 0 Å². The Hall–Kier alpha value is -2.64. The van der Waals surface area contributed by atoms with Crippen LogP contribution < -0.4 is 10.9 Å². The van der Waals surface area contributed by atoms with E-state index in [1.165, 1.54) is 12.4 Å². The van der Waals surface area contributed by atoms with Crippen molar-refractivity contribution in [1.82, 2.24) is 19.9 Å². The van der Waals surface area contributed by atoms with Crippen molar-refractivity contribution in [3.8, 4) is 0 Å². The van der Waals surface area contributed by atoms with Gasteiger partial charge >= 0.3 is 6.09 Å². The van der Waals surface area contributed by atoms with E-state index in [1.807, 2.05) is 0 Å². The number of rotatable bonds is 3. The lowest BCUT2D eigenvalue weighted by molar-refractivity contribution is 0.174. The maximum Gasteiger partial charge on any atom is 0.414 e. The molecule has 0 aliphatic carbocycles. The van der Waals surface area contributed by atoms with Gasteiger partial charge in [0.25, 0.3) is 5.56 Å². The lowest BCUT2D eigenvalue weighted by atomic mass is 10.5. The first-order valence-corrected chi connectivity index (χ1v) is 4.69. The highest BCUT2D eigenvalue weighted by Crippen LogP contribution is 2.02. The summed E-state index contributed by atoms with van der Waals surface area (Å²) in [6.45, 7) is 3.47. The second-order valence-corrected chi connectivity index (χ2v) is 3.03. The van der Waals surface area contributed by atoms with Crippen LogP contribution in [0.2, 0.25) is 0 Å². The maximum atomic E-state index is 11.5. The zero-order chi connectivity index (χ0) is 12.3. The van der Waals surface area contributed by atoms with Crippen LogP contribution >= 0.6 is 0 Å². The number of anilines is 1. The zero-order valence-electron chi connectivity index (χ0n) is 8.69. The third-order valence-corrected chi connectivity index (χ3v) is 1.85. The lowest BCUT2D eigenvalue weighted by Crippen LogP contribution is -2.19. The number of fused-ring (bicyclic) bond motifs is 1. The molecule has 0 aromatic carbocycles. The van der Waals surface area contributed by atoms with Gasteiger partial charge in [-0.3, -0.25) is 15.1 Å². The first kappa shape index (κ1) is 10.9. The van der Waals surface area contributed by atoms with Gasteiger partial charge in [-0.05, 0) is 0 Å². The molecule has 0 aliphatic rings. The van der Waals surface area contributed by atoms with Crippen molar-refractivity contribution >= 4 is 23.2 Å². The molecule has 8 nitrogen and oxygen atoms in total. The summed E-state index contributed by atoms with van der Waals surface area (Å²) in [6.07, 6.45) is 2.03. The van der Waals surface area contributed by atoms with Gasteiger partial charge in [-0.25, -0.2) is 9.78 Å². The normalized spacial score (nSPS) is 10.1. The van der Waals surface area contributed by atoms with Gasteiger partial charge in [0.05, 0.1) is 6.33 Å². The van der Waals surface area contributed by atoms with E-state index in [4.69, 9.17) is 0 Å². The third-order valence-electron chi connectivity index (χ3n) is 1.85. The van der Waals surface area contributed by atoms with Gasteiger partial charge in [0.1, 0.15) is 6.61 Å². The third kappa shape index (κ3) is 2.30. The molecule has 17 heavy (non-hydrogen) atoms. The number of amides is 1. The SMILES string of the molecule is C=CCOC(=O)Nc1nc2nc[nH]c2c(=O)[nH]1. The van der Waals surface area contributed by atoms with E-state index in [0.717, 1.165) is 0 Å². The molecule has 0 radical (unpaired) electrons. The molecule has 0 atom stereocenters. The van der Waals surface area contributed by atoms with E-state index >= 15 is 0 Å². The van der Waals surface area contributed by atoms with Crippen molar-refractivity contribution < 1.29 is 9.53 Å². The molecule has 2 aromatic rings. The predicted octanol–water partition coefficient (Wildman–Crippen LogP) is 0.381. The molecule has 0 aliphatic heterocycles. The number of aromatic amines is 2. The minimum atomic E-state index is -0.733. The Morgan fingerprint density at radius 1 is 1.65 bits per heavy atom. The van der Waals surface area contributed by atoms with Crippen molar-refractivity contribution in [2.45, 2.75) is 0 Å². The van der Waals surface area contributed by atoms with Crippen molar-refractivity contribution in [2.75, 3.05) is 11.9 Å². The Bertz CT molecular complexity index is 614. The summed E-state index contributed by atoms with van der Waals surface area (Å²) in [6, 6.07) is 0. The molecule has 1 amide bonds. The molecule has 88 valence electrons. The van der Waals surface area contributed by atoms with E-state index in [0.29, 0.717) is 0 Å². The second kappa shape index (κ2) is 4.47. The number of ether oxygens (including phenoxy) is 1. The van der Waals surface area contributed by atoms with Crippen molar-refractivity contribution in [1.29, 1.82) is 0 Å². The summed E-state index contributed by atoms with van der Waals surface area (Å²) in [4.78, 5) is 35.4. The molecule has 0 fully saturated rings. The lowest BCUT2D eigenvalue weighted by Gasteiger charge is -2.03. The smallest absolute Gasteiger partial charge is 0.414 e. The summed E-state index contributed by atoms with van der Waals surface area (Å²) < 4.78 is 4.67. The number of carbonyl (C=O) groups is 1. The van der Waals surface area contributed by atoms with Gasteiger partial charge in [-0.1, -0.05) is 12.7 Å². The number of hydrogen-bond donors (Lipinski definition) is 3. The first-order chi connectivity index (χ1) is 8.20. The number of imidazole rings is 1. The van der Waals surface area contributed by atoms with Gasteiger partial charge in [0.2, 0.25) is 5.95 Å². The van der Waals surface area contributed by atoms with Crippen LogP contribution in [-0.4, -0.2) is 32.6 Å². The highest BCUT2D eigenvalue weighted by atomic mass is 16.5. The fourth-order valence-corrected chi connectivity index (χ4v) is 1.17. The van der Waals surface area contributed by atoms with Crippen LogP contribution in [0.3, 0.4) is 0 Å². The molecule has 2 aromatic heterocycles. The number of H-pyrrole nitrogens is 2. The Morgan fingerprint density at radius 3 is 3.24 bits per heavy atom. The molecule has 8 heteroatoms. The maximum absolute atomic E-state index is 11.5. The van der Waals surface area contributed by atoms with E-state index in [9.17, 15) is 9.59 Å². The number of nitrogens with zero attached hydrogens (tertiary/aromatic N) is 2. The number of nitrogens with one attached hydrogen (secondary N) is 3. The van der Waals surface area contributed by atoms with Crippen LogP contribution in [0.15, 0.2) is 23.8 Å². The minimum absolute atomic E-state index is 0.0244. The largest absolute Gasteiger partial charge is 0.445 e. The molecular weight excluding hydrogens is 226 g/mol. The molecular formula is C9H9N5O3. The van der Waals surface area contributed by atoms with E-state index in [2.05, 4.69) is 36.6 Å². The molecule has 0 saturated carbocycles. The number of aromatic nitrogens is 4. The first-order valence-electron chi connectivity index (χ1n) is 4.69. The van der Waals surface area contributed by atoms with Gasteiger partial charge in [0, 0.05) is 0 Å². The number of carbonyl (C=O) groups excluding carboxylic acids is 1. The topological polar surface area (TPSA) is 113 Å². The van der Waals surface area contributed by atoms with Crippen LogP contribution in [0.1, 0.15) is 0 Å². The predicted molar refractivity (Wildman–Crippen MR) is 59.7 cm³/mol. The molecule has 0 bridgehead atoms. The Balaban J connectivity index is 2.21. The van der Waals surface area contributed by atoms with E-state index in [-0.39, 0.29) is 23.7 Å². The summed E-state index contributed by atoms with van der Waals surface area (Å²) in [5.74, 6) is -0.0244. The minimum Gasteiger partial charge on any atom is -0.445 e. The zero-order valence-corrected chi connectivity index (χ0v) is 8.69. The Morgan fingerprint density at radius 2 is 2.47 bits per heavy atom. The van der Waals surface area contributed by atoms with Gasteiger partial charge < -0.3 is 9.72 Å².